The highest BCUT2D eigenvalue weighted by Gasteiger charge is 2.31. The molecule has 2 rings (SSSR count). The maximum absolute atomic E-state index is 12.6. The summed E-state index contributed by atoms with van der Waals surface area (Å²) in [6.45, 7) is 2.52. The standard InChI is InChI=1S/C15H25N3O2S/c1-3-12-4-7-14(8-5-12)18(2)21(19,20)15-9-6-13(10-16)17-11-15/h6,9,11-12,14H,3-5,7-8,10,16H2,1-2H3. The Bertz CT molecular complexity index is 549. The van der Waals surface area contributed by atoms with Gasteiger partial charge in [0.05, 0.1) is 5.69 Å². The number of hydrogen-bond donors (Lipinski definition) is 1. The molecule has 1 aliphatic rings. The van der Waals surface area contributed by atoms with Crippen molar-refractivity contribution >= 4 is 10.0 Å². The van der Waals surface area contributed by atoms with Crippen LogP contribution < -0.4 is 5.73 Å². The van der Waals surface area contributed by atoms with Crippen molar-refractivity contribution in [3.63, 3.8) is 0 Å². The van der Waals surface area contributed by atoms with E-state index >= 15 is 0 Å². The molecule has 0 bridgehead atoms. The zero-order valence-electron chi connectivity index (χ0n) is 12.8. The minimum Gasteiger partial charge on any atom is -0.325 e. The van der Waals surface area contributed by atoms with Crippen molar-refractivity contribution in [2.45, 2.75) is 56.5 Å². The Kier molecular flexibility index (Phi) is 5.35. The van der Waals surface area contributed by atoms with E-state index in [-0.39, 0.29) is 10.9 Å². The fourth-order valence-electron chi connectivity index (χ4n) is 2.96. The number of nitrogens with two attached hydrogens (primary N) is 1. The van der Waals surface area contributed by atoms with Crippen molar-refractivity contribution in [3.8, 4) is 0 Å². The van der Waals surface area contributed by atoms with Crippen LogP contribution in [0.25, 0.3) is 0 Å². The van der Waals surface area contributed by atoms with E-state index in [1.54, 1.807) is 19.2 Å². The third kappa shape index (κ3) is 3.62. The Hall–Kier alpha value is -0.980. The van der Waals surface area contributed by atoms with Crippen LogP contribution in [0.5, 0.6) is 0 Å². The Labute approximate surface area is 127 Å². The highest BCUT2D eigenvalue weighted by molar-refractivity contribution is 7.89. The fraction of sp³-hybridized carbons (Fsp3) is 0.667. The Balaban J connectivity index is 2.11. The van der Waals surface area contributed by atoms with Gasteiger partial charge in [0.1, 0.15) is 4.90 Å². The van der Waals surface area contributed by atoms with Gasteiger partial charge >= 0.3 is 0 Å². The van der Waals surface area contributed by atoms with Crippen LogP contribution >= 0.6 is 0 Å². The summed E-state index contributed by atoms with van der Waals surface area (Å²) in [6.07, 6.45) is 6.72. The Morgan fingerprint density at radius 1 is 1.29 bits per heavy atom. The summed E-state index contributed by atoms with van der Waals surface area (Å²) < 4.78 is 26.8. The van der Waals surface area contributed by atoms with Crippen molar-refractivity contribution in [2.75, 3.05) is 7.05 Å². The van der Waals surface area contributed by atoms with Gasteiger partial charge in [0, 0.05) is 25.8 Å². The zero-order valence-corrected chi connectivity index (χ0v) is 13.6. The lowest BCUT2D eigenvalue weighted by Crippen LogP contribution is -2.39. The third-order valence-electron chi connectivity index (χ3n) is 4.59. The smallest absolute Gasteiger partial charge is 0.244 e. The number of rotatable bonds is 5. The second-order valence-corrected chi connectivity index (χ2v) is 7.79. The van der Waals surface area contributed by atoms with Crippen LogP contribution in [0.2, 0.25) is 0 Å². The summed E-state index contributed by atoms with van der Waals surface area (Å²) in [4.78, 5) is 4.34. The summed E-state index contributed by atoms with van der Waals surface area (Å²) in [7, 11) is -1.77. The first kappa shape index (κ1) is 16.4. The molecule has 0 aromatic carbocycles. The molecule has 0 atom stereocenters. The largest absolute Gasteiger partial charge is 0.325 e. The second kappa shape index (κ2) is 6.85. The molecule has 0 unspecified atom stereocenters. The lowest BCUT2D eigenvalue weighted by atomic mass is 9.85. The van der Waals surface area contributed by atoms with Gasteiger partial charge in [0.15, 0.2) is 0 Å². The van der Waals surface area contributed by atoms with E-state index in [9.17, 15) is 8.42 Å². The quantitative estimate of drug-likeness (QED) is 0.904. The highest BCUT2D eigenvalue weighted by atomic mass is 32.2. The van der Waals surface area contributed by atoms with E-state index in [0.717, 1.165) is 31.6 Å². The lowest BCUT2D eigenvalue weighted by Gasteiger charge is -2.33. The lowest BCUT2D eigenvalue weighted by molar-refractivity contribution is 0.233. The van der Waals surface area contributed by atoms with Crippen LogP contribution in [-0.2, 0) is 16.6 Å². The molecule has 0 aliphatic heterocycles. The van der Waals surface area contributed by atoms with Gasteiger partial charge in [-0.25, -0.2) is 8.42 Å². The van der Waals surface area contributed by atoms with E-state index in [4.69, 9.17) is 5.73 Å². The van der Waals surface area contributed by atoms with Gasteiger partial charge in [-0.1, -0.05) is 13.3 Å². The maximum Gasteiger partial charge on any atom is 0.244 e. The molecule has 1 saturated carbocycles. The molecule has 1 aliphatic carbocycles. The Morgan fingerprint density at radius 3 is 2.43 bits per heavy atom. The van der Waals surface area contributed by atoms with Crippen LogP contribution in [0.3, 0.4) is 0 Å². The zero-order chi connectivity index (χ0) is 15.5. The summed E-state index contributed by atoms with van der Waals surface area (Å²) >= 11 is 0. The molecule has 0 radical (unpaired) electrons. The molecule has 21 heavy (non-hydrogen) atoms. The predicted octanol–water partition coefficient (Wildman–Crippen LogP) is 2.13. The van der Waals surface area contributed by atoms with Crippen LogP contribution in [0.1, 0.15) is 44.7 Å². The molecule has 0 amide bonds. The minimum absolute atomic E-state index is 0.104. The van der Waals surface area contributed by atoms with E-state index in [0.29, 0.717) is 12.2 Å². The first-order valence-electron chi connectivity index (χ1n) is 7.62. The van der Waals surface area contributed by atoms with Crippen molar-refractivity contribution in [3.05, 3.63) is 24.0 Å². The molecule has 118 valence electrons. The molecule has 6 heteroatoms. The first-order valence-corrected chi connectivity index (χ1v) is 9.06. The van der Waals surface area contributed by atoms with Crippen LogP contribution in [0, 0.1) is 5.92 Å². The van der Waals surface area contributed by atoms with Gasteiger partial charge in [-0.3, -0.25) is 4.98 Å². The Morgan fingerprint density at radius 2 is 1.95 bits per heavy atom. The number of sulfonamides is 1. The van der Waals surface area contributed by atoms with Gasteiger partial charge in [-0.05, 0) is 43.7 Å². The summed E-state index contributed by atoms with van der Waals surface area (Å²) in [5.41, 5.74) is 6.18. The molecule has 1 fully saturated rings. The topological polar surface area (TPSA) is 76.3 Å². The fourth-order valence-corrected chi connectivity index (χ4v) is 4.33. The second-order valence-electron chi connectivity index (χ2n) is 5.79. The van der Waals surface area contributed by atoms with Crippen LogP contribution in [-0.4, -0.2) is 30.8 Å². The minimum atomic E-state index is -3.46. The van der Waals surface area contributed by atoms with Crippen molar-refractivity contribution in [1.29, 1.82) is 0 Å². The average molecular weight is 311 g/mol. The van der Waals surface area contributed by atoms with Crippen LogP contribution in [0.4, 0.5) is 0 Å². The van der Waals surface area contributed by atoms with E-state index in [2.05, 4.69) is 11.9 Å². The van der Waals surface area contributed by atoms with Gasteiger partial charge in [-0.15, -0.1) is 0 Å². The summed E-state index contributed by atoms with van der Waals surface area (Å²) in [5, 5.41) is 0. The molecule has 2 N–H and O–H groups in total. The maximum atomic E-state index is 12.6. The number of nitrogens with zero attached hydrogens (tertiary/aromatic N) is 2. The molecular weight excluding hydrogens is 286 g/mol. The molecule has 0 spiro atoms. The van der Waals surface area contributed by atoms with E-state index < -0.39 is 10.0 Å². The molecule has 0 saturated heterocycles. The molecule has 1 aromatic rings. The SMILES string of the molecule is CCC1CCC(N(C)S(=O)(=O)c2ccc(CN)nc2)CC1. The average Bonchev–Trinajstić information content (AvgIpc) is 2.54. The number of aromatic nitrogens is 1. The molecule has 1 aromatic heterocycles. The summed E-state index contributed by atoms with van der Waals surface area (Å²) in [6, 6.07) is 3.37. The first-order chi connectivity index (χ1) is 9.98. The molecule has 1 heterocycles. The van der Waals surface area contributed by atoms with E-state index in [1.807, 2.05) is 0 Å². The normalized spacial score (nSPS) is 23.4. The molecule has 5 nitrogen and oxygen atoms in total. The van der Waals surface area contributed by atoms with Gasteiger partial charge in [0.25, 0.3) is 0 Å². The summed E-state index contributed by atoms with van der Waals surface area (Å²) in [5.74, 6) is 0.753. The number of hydrogen-bond acceptors (Lipinski definition) is 4. The van der Waals surface area contributed by atoms with Gasteiger partial charge < -0.3 is 5.73 Å². The molecular formula is C15H25N3O2S. The highest BCUT2D eigenvalue weighted by Crippen LogP contribution is 2.31. The van der Waals surface area contributed by atoms with E-state index in [1.165, 1.54) is 16.9 Å². The van der Waals surface area contributed by atoms with Crippen molar-refractivity contribution < 1.29 is 8.42 Å². The van der Waals surface area contributed by atoms with Crippen LogP contribution in [0.15, 0.2) is 23.2 Å². The van der Waals surface area contributed by atoms with Crippen molar-refractivity contribution in [2.24, 2.45) is 11.7 Å². The van der Waals surface area contributed by atoms with Gasteiger partial charge in [0.2, 0.25) is 10.0 Å². The van der Waals surface area contributed by atoms with Crippen molar-refractivity contribution in [1.82, 2.24) is 9.29 Å². The monoisotopic (exact) mass is 311 g/mol. The predicted molar refractivity (Wildman–Crippen MR) is 83.1 cm³/mol. The third-order valence-corrected chi connectivity index (χ3v) is 6.49. The number of pyridine rings is 1. The van der Waals surface area contributed by atoms with Gasteiger partial charge in [-0.2, -0.15) is 4.31 Å².